The minimum Gasteiger partial charge on any atom is -0.356 e. The highest BCUT2D eigenvalue weighted by Gasteiger charge is 2.41. The number of nitrogens with zero attached hydrogens (tertiary/aromatic N) is 3. The number of carbonyl (C=O) groups excluding carboxylic acids is 1. The van der Waals surface area contributed by atoms with Gasteiger partial charge in [0.25, 0.3) is 0 Å². The molecule has 3 rings (SSSR count). The molecule has 5 nitrogen and oxygen atoms in total. The first-order valence-corrected chi connectivity index (χ1v) is 10.4. The lowest BCUT2D eigenvalue weighted by atomic mass is 10.0. The summed E-state index contributed by atoms with van der Waals surface area (Å²) in [5.74, 6) is 1.35. The number of nitrogens with one attached hydrogen (secondary N) is 1. The highest BCUT2D eigenvalue weighted by Crippen LogP contribution is 2.50. The van der Waals surface area contributed by atoms with E-state index in [0.29, 0.717) is 18.3 Å². The molecule has 2 aromatic rings. The van der Waals surface area contributed by atoms with Crippen LogP contribution in [-0.4, -0.2) is 39.1 Å². The van der Waals surface area contributed by atoms with Gasteiger partial charge in [-0.3, -0.25) is 4.79 Å². The Morgan fingerprint density at radius 3 is 2.80 bits per heavy atom. The van der Waals surface area contributed by atoms with Gasteiger partial charge in [0, 0.05) is 30.4 Å². The van der Waals surface area contributed by atoms with E-state index in [4.69, 9.17) is 0 Å². The summed E-state index contributed by atoms with van der Waals surface area (Å²) in [6.07, 6.45) is 7.12. The molecule has 1 N–H and O–H groups in total. The van der Waals surface area contributed by atoms with Gasteiger partial charge in [-0.15, -0.1) is 0 Å². The SMILES string of the molecule is CSCC1(CCNC(=O)CCc2c(C)nc3cc(C)nn3c2C)CC1. The molecule has 0 aliphatic heterocycles. The van der Waals surface area contributed by atoms with E-state index in [1.54, 1.807) is 0 Å². The fraction of sp³-hybridized carbons (Fsp3) is 0.632. The van der Waals surface area contributed by atoms with Crippen LogP contribution >= 0.6 is 11.8 Å². The largest absolute Gasteiger partial charge is 0.356 e. The molecule has 2 aromatic heterocycles. The summed E-state index contributed by atoms with van der Waals surface area (Å²) < 4.78 is 1.88. The Hall–Kier alpha value is -1.56. The van der Waals surface area contributed by atoms with Crippen molar-refractivity contribution in [2.45, 2.75) is 52.9 Å². The third-order valence-corrected chi connectivity index (χ3v) is 6.17. The first-order chi connectivity index (χ1) is 11.9. The van der Waals surface area contributed by atoms with Crippen molar-refractivity contribution >= 4 is 23.3 Å². The van der Waals surface area contributed by atoms with Crippen LogP contribution in [0.15, 0.2) is 6.07 Å². The second kappa shape index (κ2) is 7.36. The minimum atomic E-state index is 0.135. The van der Waals surface area contributed by atoms with E-state index in [-0.39, 0.29) is 5.91 Å². The molecule has 1 saturated carbocycles. The van der Waals surface area contributed by atoms with Crippen molar-refractivity contribution in [1.82, 2.24) is 19.9 Å². The molecule has 0 radical (unpaired) electrons. The first-order valence-electron chi connectivity index (χ1n) is 9.02. The predicted octanol–water partition coefficient (Wildman–Crippen LogP) is 3.24. The summed E-state index contributed by atoms with van der Waals surface area (Å²) in [4.78, 5) is 16.8. The molecule has 1 aliphatic carbocycles. The molecule has 1 amide bonds. The van der Waals surface area contributed by atoms with Gasteiger partial charge in [0.15, 0.2) is 5.65 Å². The van der Waals surface area contributed by atoms with Gasteiger partial charge >= 0.3 is 0 Å². The summed E-state index contributed by atoms with van der Waals surface area (Å²) >= 11 is 1.92. The molecule has 1 fully saturated rings. The highest BCUT2D eigenvalue weighted by molar-refractivity contribution is 7.98. The average Bonchev–Trinajstić information content (AvgIpc) is 3.20. The van der Waals surface area contributed by atoms with E-state index < -0.39 is 0 Å². The van der Waals surface area contributed by atoms with Crippen LogP contribution in [0.25, 0.3) is 5.65 Å². The Bertz CT molecular complexity index is 779. The van der Waals surface area contributed by atoms with E-state index in [1.165, 1.54) is 18.6 Å². The molecule has 0 saturated heterocycles. The van der Waals surface area contributed by atoms with Gasteiger partial charge in [-0.05, 0) is 69.4 Å². The number of amides is 1. The predicted molar refractivity (Wildman–Crippen MR) is 103 cm³/mol. The molecule has 1 aliphatic rings. The number of rotatable bonds is 8. The van der Waals surface area contributed by atoms with Gasteiger partial charge in [-0.25, -0.2) is 9.50 Å². The lowest BCUT2D eigenvalue weighted by Gasteiger charge is -2.14. The van der Waals surface area contributed by atoms with Crippen molar-refractivity contribution < 1.29 is 4.79 Å². The van der Waals surface area contributed by atoms with Gasteiger partial charge in [-0.2, -0.15) is 16.9 Å². The van der Waals surface area contributed by atoms with E-state index in [9.17, 15) is 4.79 Å². The zero-order valence-electron chi connectivity index (χ0n) is 15.7. The van der Waals surface area contributed by atoms with E-state index >= 15 is 0 Å². The van der Waals surface area contributed by atoms with Crippen LogP contribution in [0.1, 0.15) is 48.3 Å². The maximum atomic E-state index is 12.2. The van der Waals surface area contributed by atoms with E-state index in [0.717, 1.165) is 41.3 Å². The maximum absolute atomic E-state index is 12.2. The van der Waals surface area contributed by atoms with Crippen molar-refractivity contribution in [3.63, 3.8) is 0 Å². The normalized spacial score (nSPS) is 15.5. The van der Waals surface area contributed by atoms with Crippen molar-refractivity contribution in [3.05, 3.63) is 28.7 Å². The van der Waals surface area contributed by atoms with Crippen LogP contribution in [0.5, 0.6) is 0 Å². The van der Waals surface area contributed by atoms with Crippen molar-refractivity contribution in [3.8, 4) is 0 Å². The number of hydrogen-bond donors (Lipinski definition) is 1. The molecule has 0 spiro atoms. The number of thioether (sulfide) groups is 1. The molecule has 0 aromatic carbocycles. The number of fused-ring (bicyclic) bond motifs is 1. The number of aryl methyl sites for hydroxylation is 3. The lowest BCUT2D eigenvalue weighted by Crippen LogP contribution is -2.27. The van der Waals surface area contributed by atoms with Crippen molar-refractivity contribution in [2.75, 3.05) is 18.6 Å². The molecular formula is C19H28N4OS. The summed E-state index contributed by atoms with van der Waals surface area (Å²) in [6.45, 7) is 6.84. The summed E-state index contributed by atoms with van der Waals surface area (Å²) in [5.41, 5.74) is 5.56. The number of hydrogen-bond acceptors (Lipinski definition) is 4. The van der Waals surface area contributed by atoms with Crippen LogP contribution < -0.4 is 5.32 Å². The Labute approximate surface area is 154 Å². The third-order valence-electron chi connectivity index (χ3n) is 5.27. The Morgan fingerprint density at radius 2 is 2.12 bits per heavy atom. The Morgan fingerprint density at radius 1 is 1.36 bits per heavy atom. The zero-order valence-corrected chi connectivity index (χ0v) is 16.5. The Kier molecular flexibility index (Phi) is 5.37. The monoisotopic (exact) mass is 360 g/mol. The van der Waals surface area contributed by atoms with Gasteiger partial charge < -0.3 is 5.32 Å². The molecule has 136 valence electrons. The fourth-order valence-corrected chi connectivity index (χ4v) is 4.59. The second-order valence-corrected chi connectivity index (χ2v) is 8.22. The average molecular weight is 361 g/mol. The topological polar surface area (TPSA) is 59.3 Å². The summed E-state index contributed by atoms with van der Waals surface area (Å²) in [7, 11) is 0. The van der Waals surface area contributed by atoms with Crippen LogP contribution in [0.4, 0.5) is 0 Å². The van der Waals surface area contributed by atoms with Gasteiger partial charge in [0.1, 0.15) is 0 Å². The van der Waals surface area contributed by atoms with Gasteiger partial charge in [0.05, 0.1) is 5.69 Å². The van der Waals surface area contributed by atoms with Crippen molar-refractivity contribution in [2.24, 2.45) is 5.41 Å². The molecule has 0 unspecified atom stereocenters. The molecule has 0 bridgehead atoms. The summed E-state index contributed by atoms with van der Waals surface area (Å²) in [6, 6.07) is 1.98. The number of aromatic nitrogens is 3. The first kappa shape index (κ1) is 18.2. The molecule has 0 atom stereocenters. The standard InChI is InChI=1S/C19H28N4OS/c1-13-11-17-21-14(2)16(15(3)23(17)22-13)5-6-18(24)20-10-9-19(7-8-19)12-25-4/h11H,5-10,12H2,1-4H3,(H,20,24). The number of carbonyl (C=O) groups is 1. The van der Waals surface area contributed by atoms with E-state index in [1.807, 2.05) is 36.2 Å². The summed E-state index contributed by atoms with van der Waals surface area (Å²) in [5, 5.41) is 7.59. The smallest absolute Gasteiger partial charge is 0.220 e. The fourth-order valence-electron chi connectivity index (χ4n) is 3.55. The second-order valence-electron chi connectivity index (χ2n) is 7.35. The lowest BCUT2D eigenvalue weighted by molar-refractivity contribution is -0.121. The van der Waals surface area contributed by atoms with Crippen molar-refractivity contribution in [1.29, 1.82) is 0 Å². The molecule has 2 heterocycles. The van der Waals surface area contributed by atoms with Crippen LogP contribution in [-0.2, 0) is 11.2 Å². The minimum absolute atomic E-state index is 0.135. The molecular weight excluding hydrogens is 332 g/mol. The maximum Gasteiger partial charge on any atom is 0.220 e. The third kappa shape index (κ3) is 4.17. The Balaban J connectivity index is 1.54. The van der Waals surface area contributed by atoms with Crippen LogP contribution in [0, 0.1) is 26.2 Å². The van der Waals surface area contributed by atoms with Gasteiger partial charge in [-0.1, -0.05) is 0 Å². The van der Waals surface area contributed by atoms with E-state index in [2.05, 4.69) is 28.6 Å². The quantitative estimate of drug-likeness (QED) is 0.785. The zero-order chi connectivity index (χ0) is 18.0. The van der Waals surface area contributed by atoms with Gasteiger partial charge in [0.2, 0.25) is 5.91 Å². The van der Waals surface area contributed by atoms with Crippen LogP contribution in [0.3, 0.4) is 0 Å². The highest BCUT2D eigenvalue weighted by atomic mass is 32.2. The van der Waals surface area contributed by atoms with Crippen LogP contribution in [0.2, 0.25) is 0 Å². The molecule has 25 heavy (non-hydrogen) atoms. The molecule has 6 heteroatoms.